The maximum Gasteiger partial charge on any atom is 0.119 e. The molecular weight excluding hydrogens is 184 g/mol. The highest BCUT2D eigenvalue weighted by Crippen LogP contribution is 2.26. The molecule has 0 radical (unpaired) electrons. The first-order chi connectivity index (χ1) is 7.31. The SMILES string of the molecule is CCCCc1cc2ccccc2cc1O. The number of phenols is 1. The van der Waals surface area contributed by atoms with Gasteiger partial charge in [0.2, 0.25) is 0 Å². The fourth-order valence-corrected chi connectivity index (χ4v) is 1.84. The molecule has 2 aromatic rings. The van der Waals surface area contributed by atoms with Gasteiger partial charge in [0.15, 0.2) is 0 Å². The first-order valence-corrected chi connectivity index (χ1v) is 5.52. The Balaban J connectivity index is 2.43. The average molecular weight is 200 g/mol. The standard InChI is InChI=1S/C14H16O/c1-2-3-6-13-9-11-7-4-5-8-12(11)10-14(13)15/h4-5,7-10,15H,2-3,6H2,1H3. The third-order valence-corrected chi connectivity index (χ3v) is 2.75. The first kappa shape index (κ1) is 10.0. The van der Waals surface area contributed by atoms with Gasteiger partial charge in [-0.3, -0.25) is 0 Å². The van der Waals surface area contributed by atoms with Gasteiger partial charge in [0, 0.05) is 0 Å². The monoisotopic (exact) mass is 200 g/mol. The van der Waals surface area contributed by atoms with Crippen LogP contribution in [0.25, 0.3) is 10.8 Å². The van der Waals surface area contributed by atoms with Gasteiger partial charge in [-0.05, 0) is 41.3 Å². The Morgan fingerprint density at radius 1 is 1.07 bits per heavy atom. The van der Waals surface area contributed by atoms with Gasteiger partial charge in [-0.25, -0.2) is 0 Å². The van der Waals surface area contributed by atoms with E-state index in [4.69, 9.17) is 0 Å². The van der Waals surface area contributed by atoms with Gasteiger partial charge >= 0.3 is 0 Å². The van der Waals surface area contributed by atoms with Gasteiger partial charge in [-0.1, -0.05) is 37.6 Å². The van der Waals surface area contributed by atoms with E-state index in [-0.39, 0.29) is 0 Å². The number of benzene rings is 2. The second kappa shape index (κ2) is 4.35. The van der Waals surface area contributed by atoms with Crippen LogP contribution in [0.5, 0.6) is 5.75 Å². The number of fused-ring (bicyclic) bond motifs is 1. The molecule has 0 aliphatic rings. The van der Waals surface area contributed by atoms with Crippen molar-refractivity contribution in [3.05, 3.63) is 42.0 Å². The topological polar surface area (TPSA) is 20.2 Å². The fraction of sp³-hybridized carbons (Fsp3) is 0.286. The third-order valence-electron chi connectivity index (χ3n) is 2.75. The Labute approximate surface area is 90.4 Å². The molecule has 0 amide bonds. The van der Waals surface area contributed by atoms with Crippen molar-refractivity contribution in [1.29, 1.82) is 0 Å². The highest BCUT2D eigenvalue weighted by Gasteiger charge is 2.02. The maximum atomic E-state index is 9.84. The summed E-state index contributed by atoms with van der Waals surface area (Å²) in [6.07, 6.45) is 3.26. The lowest BCUT2D eigenvalue weighted by Gasteiger charge is -2.06. The number of hydrogen-bond donors (Lipinski definition) is 1. The van der Waals surface area contributed by atoms with Crippen molar-refractivity contribution in [3.63, 3.8) is 0 Å². The van der Waals surface area contributed by atoms with E-state index in [2.05, 4.69) is 19.1 Å². The molecular formula is C14H16O. The van der Waals surface area contributed by atoms with Crippen LogP contribution in [0.15, 0.2) is 36.4 Å². The summed E-state index contributed by atoms with van der Waals surface area (Å²) in [6.45, 7) is 2.16. The summed E-state index contributed by atoms with van der Waals surface area (Å²) in [5, 5.41) is 12.2. The van der Waals surface area contributed by atoms with Crippen LogP contribution < -0.4 is 0 Å². The van der Waals surface area contributed by atoms with Crippen molar-refractivity contribution in [3.8, 4) is 5.75 Å². The molecule has 0 unspecified atom stereocenters. The number of phenolic OH excluding ortho intramolecular Hbond substituents is 1. The van der Waals surface area contributed by atoms with Crippen LogP contribution in [0, 0.1) is 0 Å². The molecule has 0 aliphatic carbocycles. The van der Waals surface area contributed by atoms with Crippen molar-refractivity contribution in [2.75, 3.05) is 0 Å². The second-order valence-electron chi connectivity index (χ2n) is 3.93. The Hall–Kier alpha value is -1.50. The third kappa shape index (κ3) is 2.12. The van der Waals surface area contributed by atoms with Crippen LogP contribution >= 0.6 is 0 Å². The van der Waals surface area contributed by atoms with Gasteiger partial charge in [-0.2, -0.15) is 0 Å². The van der Waals surface area contributed by atoms with Crippen molar-refractivity contribution in [2.24, 2.45) is 0 Å². The molecule has 0 aromatic heterocycles. The van der Waals surface area contributed by atoms with Crippen LogP contribution in [0.4, 0.5) is 0 Å². The summed E-state index contributed by atoms with van der Waals surface area (Å²) in [5.41, 5.74) is 1.07. The van der Waals surface area contributed by atoms with E-state index in [1.54, 1.807) is 0 Å². The van der Waals surface area contributed by atoms with Crippen LogP contribution in [0.2, 0.25) is 0 Å². The second-order valence-corrected chi connectivity index (χ2v) is 3.93. The van der Waals surface area contributed by atoms with Crippen molar-refractivity contribution in [1.82, 2.24) is 0 Å². The van der Waals surface area contributed by atoms with Crippen LogP contribution in [-0.2, 0) is 6.42 Å². The Morgan fingerprint density at radius 2 is 1.73 bits per heavy atom. The van der Waals surface area contributed by atoms with Gasteiger partial charge in [0.05, 0.1) is 0 Å². The van der Waals surface area contributed by atoms with Gasteiger partial charge in [0.25, 0.3) is 0 Å². The van der Waals surface area contributed by atoms with Crippen LogP contribution in [0.1, 0.15) is 25.3 Å². The van der Waals surface area contributed by atoms with E-state index in [1.165, 1.54) is 5.39 Å². The fourth-order valence-electron chi connectivity index (χ4n) is 1.84. The molecule has 0 heterocycles. The molecule has 0 saturated heterocycles. The summed E-state index contributed by atoms with van der Waals surface area (Å²) in [6, 6.07) is 12.1. The summed E-state index contributed by atoms with van der Waals surface area (Å²) < 4.78 is 0. The van der Waals surface area contributed by atoms with E-state index in [0.717, 1.165) is 30.2 Å². The molecule has 0 fully saturated rings. The van der Waals surface area contributed by atoms with Gasteiger partial charge in [0.1, 0.15) is 5.75 Å². The number of aromatic hydroxyl groups is 1. The molecule has 0 spiro atoms. The molecule has 1 nitrogen and oxygen atoms in total. The van der Waals surface area contributed by atoms with Crippen molar-refractivity contribution in [2.45, 2.75) is 26.2 Å². The lowest BCUT2D eigenvalue weighted by atomic mass is 10.0. The van der Waals surface area contributed by atoms with E-state index >= 15 is 0 Å². The number of hydrogen-bond acceptors (Lipinski definition) is 1. The first-order valence-electron chi connectivity index (χ1n) is 5.52. The van der Waals surface area contributed by atoms with E-state index in [0.29, 0.717) is 5.75 Å². The summed E-state index contributed by atoms with van der Waals surface area (Å²) in [5.74, 6) is 0.433. The quantitative estimate of drug-likeness (QED) is 0.797. The Bertz CT molecular complexity index is 460. The molecule has 15 heavy (non-hydrogen) atoms. The summed E-state index contributed by atoms with van der Waals surface area (Å²) in [7, 11) is 0. The van der Waals surface area contributed by atoms with Gasteiger partial charge in [-0.15, -0.1) is 0 Å². The molecule has 2 rings (SSSR count). The molecule has 0 bridgehead atoms. The molecule has 1 heteroatoms. The van der Waals surface area contributed by atoms with E-state index in [9.17, 15) is 5.11 Å². The zero-order chi connectivity index (χ0) is 10.7. The van der Waals surface area contributed by atoms with Crippen LogP contribution in [0.3, 0.4) is 0 Å². The van der Waals surface area contributed by atoms with Crippen molar-refractivity contribution >= 4 is 10.8 Å². The minimum Gasteiger partial charge on any atom is -0.508 e. The predicted octanol–water partition coefficient (Wildman–Crippen LogP) is 3.89. The van der Waals surface area contributed by atoms with Crippen LogP contribution in [-0.4, -0.2) is 5.11 Å². The lowest BCUT2D eigenvalue weighted by molar-refractivity contribution is 0.468. The molecule has 2 aromatic carbocycles. The molecule has 1 N–H and O–H groups in total. The minimum atomic E-state index is 0.433. The smallest absolute Gasteiger partial charge is 0.119 e. The summed E-state index contributed by atoms with van der Waals surface area (Å²) >= 11 is 0. The molecule has 0 saturated carbocycles. The maximum absolute atomic E-state index is 9.84. The normalized spacial score (nSPS) is 10.7. The Kier molecular flexibility index (Phi) is 2.91. The zero-order valence-electron chi connectivity index (χ0n) is 9.03. The lowest BCUT2D eigenvalue weighted by Crippen LogP contribution is -1.86. The molecule has 0 aliphatic heterocycles. The highest BCUT2D eigenvalue weighted by atomic mass is 16.3. The minimum absolute atomic E-state index is 0.433. The summed E-state index contributed by atoms with van der Waals surface area (Å²) in [4.78, 5) is 0. The van der Waals surface area contributed by atoms with E-state index < -0.39 is 0 Å². The molecule has 0 atom stereocenters. The molecule has 78 valence electrons. The Morgan fingerprint density at radius 3 is 2.40 bits per heavy atom. The predicted molar refractivity (Wildman–Crippen MR) is 64.2 cm³/mol. The number of unbranched alkanes of at least 4 members (excludes halogenated alkanes) is 1. The van der Waals surface area contributed by atoms with Gasteiger partial charge < -0.3 is 5.11 Å². The number of rotatable bonds is 3. The van der Waals surface area contributed by atoms with E-state index in [1.807, 2.05) is 24.3 Å². The highest BCUT2D eigenvalue weighted by molar-refractivity contribution is 5.84. The number of aryl methyl sites for hydroxylation is 1. The zero-order valence-corrected chi connectivity index (χ0v) is 9.03. The van der Waals surface area contributed by atoms with Crippen molar-refractivity contribution < 1.29 is 5.11 Å². The average Bonchev–Trinajstić information content (AvgIpc) is 2.26. The largest absolute Gasteiger partial charge is 0.508 e.